The van der Waals surface area contributed by atoms with Gasteiger partial charge in [0.1, 0.15) is 0 Å². The molecule has 0 saturated carbocycles. The van der Waals surface area contributed by atoms with E-state index in [9.17, 15) is 0 Å². The van der Waals surface area contributed by atoms with Crippen LogP contribution in [-0.4, -0.2) is 19.2 Å². The van der Waals surface area contributed by atoms with E-state index in [0.717, 1.165) is 11.2 Å². The van der Waals surface area contributed by atoms with E-state index in [-0.39, 0.29) is 0 Å². The zero-order chi connectivity index (χ0) is 11.8. The summed E-state index contributed by atoms with van der Waals surface area (Å²) in [5.41, 5.74) is 3.25. The van der Waals surface area contributed by atoms with Gasteiger partial charge in [-0.1, -0.05) is 18.2 Å². The molecule has 2 rings (SSSR count). The number of aromatic nitrogens is 1. The van der Waals surface area contributed by atoms with E-state index < -0.39 is 5.79 Å². The lowest BCUT2D eigenvalue weighted by atomic mass is 10.1. The van der Waals surface area contributed by atoms with Crippen molar-refractivity contribution in [2.24, 2.45) is 0 Å². The highest BCUT2D eigenvalue weighted by molar-refractivity contribution is 5.84. The Balaban J connectivity index is 2.65. The zero-order valence-electron chi connectivity index (χ0n) is 10.1. The van der Waals surface area contributed by atoms with Crippen LogP contribution in [0.5, 0.6) is 0 Å². The van der Waals surface area contributed by atoms with E-state index in [0.29, 0.717) is 0 Å². The number of fused-ring (bicyclic) bond motifs is 1. The van der Waals surface area contributed by atoms with Crippen molar-refractivity contribution in [2.45, 2.75) is 19.6 Å². The van der Waals surface area contributed by atoms with Gasteiger partial charge >= 0.3 is 0 Å². The van der Waals surface area contributed by atoms with Crippen LogP contribution in [0.2, 0.25) is 0 Å². The number of nitrogens with one attached hydrogen (secondary N) is 1. The van der Waals surface area contributed by atoms with Gasteiger partial charge in [-0.25, -0.2) is 0 Å². The van der Waals surface area contributed by atoms with Crippen LogP contribution in [0.4, 0.5) is 0 Å². The minimum Gasteiger partial charge on any atom is -0.354 e. The van der Waals surface area contributed by atoms with Gasteiger partial charge in [0, 0.05) is 25.1 Å². The molecule has 1 aromatic carbocycles. The number of benzene rings is 1. The fourth-order valence-corrected chi connectivity index (χ4v) is 2.02. The second-order valence-electron chi connectivity index (χ2n) is 4.02. The van der Waals surface area contributed by atoms with Gasteiger partial charge in [-0.3, -0.25) is 0 Å². The molecule has 0 aliphatic carbocycles. The van der Waals surface area contributed by atoms with Crippen molar-refractivity contribution in [3.8, 4) is 0 Å². The molecule has 0 atom stereocenters. The Bertz CT molecular complexity index is 498. The number of rotatable bonds is 3. The lowest BCUT2D eigenvalue weighted by molar-refractivity contribution is -0.204. The van der Waals surface area contributed by atoms with Gasteiger partial charge in [-0.2, -0.15) is 0 Å². The first-order valence-corrected chi connectivity index (χ1v) is 5.30. The molecule has 3 nitrogen and oxygen atoms in total. The van der Waals surface area contributed by atoms with Crippen LogP contribution in [0.15, 0.2) is 24.3 Å². The molecular weight excluding hydrogens is 202 g/mol. The summed E-state index contributed by atoms with van der Waals surface area (Å²) >= 11 is 0. The number of methoxy groups -OCH3 is 2. The van der Waals surface area contributed by atoms with Crippen molar-refractivity contribution in [3.05, 3.63) is 35.5 Å². The number of hydrogen-bond donors (Lipinski definition) is 1. The van der Waals surface area contributed by atoms with E-state index in [1.807, 2.05) is 19.1 Å². The summed E-state index contributed by atoms with van der Waals surface area (Å²) < 4.78 is 10.9. The fourth-order valence-electron chi connectivity index (χ4n) is 2.02. The predicted molar refractivity (Wildman–Crippen MR) is 64.4 cm³/mol. The Labute approximate surface area is 95.4 Å². The van der Waals surface area contributed by atoms with Crippen LogP contribution >= 0.6 is 0 Å². The highest BCUT2D eigenvalue weighted by atomic mass is 16.7. The maximum absolute atomic E-state index is 5.43. The largest absolute Gasteiger partial charge is 0.354 e. The van der Waals surface area contributed by atoms with Crippen molar-refractivity contribution >= 4 is 10.9 Å². The Morgan fingerprint density at radius 1 is 1.12 bits per heavy atom. The molecule has 2 aromatic rings. The Kier molecular flexibility index (Phi) is 2.74. The number of aromatic amines is 1. The average molecular weight is 219 g/mol. The molecule has 16 heavy (non-hydrogen) atoms. The van der Waals surface area contributed by atoms with Crippen LogP contribution in [-0.2, 0) is 15.3 Å². The highest BCUT2D eigenvalue weighted by Gasteiger charge is 2.30. The third-order valence-corrected chi connectivity index (χ3v) is 3.20. The topological polar surface area (TPSA) is 34.2 Å². The van der Waals surface area contributed by atoms with Crippen molar-refractivity contribution < 1.29 is 9.47 Å². The summed E-state index contributed by atoms with van der Waals surface area (Å²) in [6.07, 6.45) is 0. The second-order valence-corrected chi connectivity index (χ2v) is 4.02. The van der Waals surface area contributed by atoms with Crippen molar-refractivity contribution in [1.82, 2.24) is 4.98 Å². The maximum Gasteiger partial charge on any atom is 0.206 e. The third kappa shape index (κ3) is 1.52. The first-order valence-electron chi connectivity index (χ1n) is 5.30. The van der Waals surface area contributed by atoms with Crippen molar-refractivity contribution in [3.63, 3.8) is 0 Å². The molecule has 0 bridgehead atoms. The Hall–Kier alpha value is -1.32. The van der Waals surface area contributed by atoms with E-state index in [2.05, 4.69) is 24.0 Å². The van der Waals surface area contributed by atoms with Crippen molar-refractivity contribution in [1.29, 1.82) is 0 Å². The summed E-state index contributed by atoms with van der Waals surface area (Å²) in [6.45, 7) is 3.98. The first kappa shape index (κ1) is 11.2. The van der Waals surface area contributed by atoms with Crippen LogP contribution in [0, 0.1) is 6.92 Å². The van der Waals surface area contributed by atoms with Gasteiger partial charge in [-0.05, 0) is 25.5 Å². The van der Waals surface area contributed by atoms with E-state index in [1.54, 1.807) is 14.2 Å². The smallest absolute Gasteiger partial charge is 0.206 e. The molecule has 1 aromatic heterocycles. The lowest BCUT2D eigenvalue weighted by Gasteiger charge is -2.26. The highest BCUT2D eigenvalue weighted by Crippen LogP contribution is 2.32. The summed E-state index contributed by atoms with van der Waals surface area (Å²) in [5, 5.41) is 1.21. The van der Waals surface area contributed by atoms with Gasteiger partial charge < -0.3 is 14.5 Å². The standard InChI is InChI=1S/C13H17NO2/c1-9-10-7-5-6-8-11(10)14-12(9)13(2,15-3)16-4/h5-8,14H,1-4H3. The predicted octanol–water partition coefficient (Wildman–Crippen LogP) is 2.94. The maximum atomic E-state index is 5.43. The molecule has 1 N–H and O–H groups in total. The fraction of sp³-hybridized carbons (Fsp3) is 0.385. The second kappa shape index (κ2) is 3.92. The zero-order valence-corrected chi connectivity index (χ0v) is 10.1. The molecule has 3 heteroatoms. The average Bonchev–Trinajstić information content (AvgIpc) is 2.67. The lowest BCUT2D eigenvalue weighted by Crippen LogP contribution is -2.27. The van der Waals surface area contributed by atoms with Gasteiger partial charge in [0.15, 0.2) is 0 Å². The molecule has 86 valence electrons. The van der Waals surface area contributed by atoms with Crippen molar-refractivity contribution in [2.75, 3.05) is 14.2 Å². The third-order valence-electron chi connectivity index (χ3n) is 3.20. The molecule has 1 heterocycles. The normalized spacial score (nSPS) is 12.2. The first-order chi connectivity index (χ1) is 7.62. The molecule has 0 aliphatic rings. The van der Waals surface area contributed by atoms with Gasteiger partial charge in [0.2, 0.25) is 5.79 Å². The quantitative estimate of drug-likeness (QED) is 0.805. The van der Waals surface area contributed by atoms with Gasteiger partial charge in [-0.15, -0.1) is 0 Å². The summed E-state index contributed by atoms with van der Waals surface area (Å²) in [4.78, 5) is 3.36. The van der Waals surface area contributed by atoms with Crippen LogP contribution in [0.1, 0.15) is 18.2 Å². The summed E-state index contributed by atoms with van der Waals surface area (Å²) in [7, 11) is 3.29. The van der Waals surface area contributed by atoms with Crippen LogP contribution < -0.4 is 0 Å². The molecule has 0 fully saturated rings. The Morgan fingerprint density at radius 3 is 2.31 bits per heavy atom. The van der Waals surface area contributed by atoms with E-state index >= 15 is 0 Å². The molecule has 0 unspecified atom stereocenters. The number of para-hydroxylation sites is 1. The molecule has 0 saturated heterocycles. The molecule has 0 radical (unpaired) electrons. The van der Waals surface area contributed by atoms with Gasteiger partial charge in [0.05, 0.1) is 5.69 Å². The minimum atomic E-state index is -0.719. The van der Waals surface area contributed by atoms with E-state index in [4.69, 9.17) is 9.47 Å². The number of H-pyrrole nitrogens is 1. The molecular formula is C13H17NO2. The van der Waals surface area contributed by atoms with Crippen LogP contribution in [0.3, 0.4) is 0 Å². The summed E-state index contributed by atoms with van der Waals surface area (Å²) in [6, 6.07) is 8.19. The minimum absolute atomic E-state index is 0.719. The molecule has 0 aliphatic heterocycles. The Morgan fingerprint density at radius 2 is 1.75 bits per heavy atom. The number of aryl methyl sites for hydroxylation is 1. The molecule has 0 amide bonds. The number of ether oxygens (including phenoxy) is 2. The van der Waals surface area contributed by atoms with Gasteiger partial charge in [0.25, 0.3) is 0 Å². The SMILES string of the molecule is COC(C)(OC)c1[nH]c2ccccc2c1C. The number of hydrogen-bond acceptors (Lipinski definition) is 2. The van der Waals surface area contributed by atoms with Crippen LogP contribution in [0.25, 0.3) is 10.9 Å². The van der Waals surface area contributed by atoms with E-state index in [1.165, 1.54) is 10.9 Å². The summed E-state index contributed by atoms with van der Waals surface area (Å²) in [5.74, 6) is -0.719. The monoisotopic (exact) mass is 219 g/mol. The molecule has 0 spiro atoms.